The van der Waals surface area contributed by atoms with Gasteiger partial charge in [0.2, 0.25) is 0 Å². The molecule has 0 saturated heterocycles. The summed E-state index contributed by atoms with van der Waals surface area (Å²) in [5, 5.41) is 12.8. The van der Waals surface area contributed by atoms with Crippen molar-refractivity contribution >= 4 is 22.5 Å². The second-order valence-corrected chi connectivity index (χ2v) is 7.53. The molecule has 0 aromatic carbocycles. The lowest BCUT2D eigenvalue weighted by molar-refractivity contribution is 0.315. The molecule has 0 unspecified atom stereocenters. The highest BCUT2D eigenvalue weighted by Crippen LogP contribution is 2.46. The van der Waals surface area contributed by atoms with E-state index in [1.165, 1.54) is 18.0 Å². The molecule has 1 saturated carbocycles. The predicted octanol–water partition coefficient (Wildman–Crippen LogP) is 1.72. The van der Waals surface area contributed by atoms with Gasteiger partial charge in [-0.1, -0.05) is 19.8 Å². The molecule has 26 heavy (non-hydrogen) atoms. The van der Waals surface area contributed by atoms with Gasteiger partial charge < -0.3 is 10.2 Å². The lowest BCUT2D eigenvalue weighted by Gasteiger charge is -2.42. The maximum absolute atomic E-state index is 12.9. The van der Waals surface area contributed by atoms with Crippen LogP contribution in [0.25, 0.3) is 11.0 Å². The van der Waals surface area contributed by atoms with Crippen molar-refractivity contribution in [2.24, 2.45) is 14.1 Å². The number of aryl methyl sites for hydroxylation is 1. The Balaban J connectivity index is 1.96. The summed E-state index contributed by atoms with van der Waals surface area (Å²) in [7, 11) is 3.14. The maximum Gasteiger partial charge on any atom is 0.332 e. The third-order valence-corrected chi connectivity index (χ3v) is 5.89. The van der Waals surface area contributed by atoms with E-state index < -0.39 is 0 Å². The number of anilines is 2. The fraction of sp³-hybridized carbons (Fsp3) is 0.667. The number of nitrogens with zero attached hydrogens (tertiary/aromatic N) is 5. The molecule has 140 valence electrons. The zero-order chi connectivity index (χ0) is 18.5. The quantitative estimate of drug-likeness (QED) is 0.899. The van der Waals surface area contributed by atoms with E-state index in [9.17, 15) is 9.59 Å². The van der Waals surface area contributed by atoms with Gasteiger partial charge in [0.1, 0.15) is 11.0 Å². The van der Waals surface area contributed by atoms with Crippen molar-refractivity contribution < 1.29 is 0 Å². The monoisotopic (exact) mass is 358 g/mol. The van der Waals surface area contributed by atoms with Crippen LogP contribution >= 0.6 is 0 Å². The summed E-state index contributed by atoms with van der Waals surface area (Å²) in [5.41, 5.74) is 0.199. The highest BCUT2D eigenvalue weighted by Gasteiger charge is 2.46. The summed E-state index contributed by atoms with van der Waals surface area (Å²) >= 11 is 0. The number of nitrogens with one attached hydrogen (secondary N) is 1. The Hall–Kier alpha value is -2.38. The Morgan fingerprint density at radius 3 is 2.50 bits per heavy atom. The van der Waals surface area contributed by atoms with Crippen molar-refractivity contribution in [3.8, 4) is 0 Å². The van der Waals surface area contributed by atoms with Crippen LogP contribution in [0.1, 0.15) is 51.9 Å². The smallest absolute Gasteiger partial charge is 0.332 e. The molecule has 1 aliphatic carbocycles. The van der Waals surface area contributed by atoms with E-state index in [4.69, 9.17) is 0 Å². The molecule has 3 heterocycles. The molecule has 0 radical (unpaired) electrons. The van der Waals surface area contributed by atoms with E-state index in [-0.39, 0.29) is 16.9 Å². The highest BCUT2D eigenvalue weighted by molar-refractivity contribution is 5.97. The fourth-order valence-electron chi connectivity index (χ4n) is 4.40. The van der Waals surface area contributed by atoms with Gasteiger partial charge in [-0.3, -0.25) is 13.9 Å². The first-order valence-corrected chi connectivity index (χ1v) is 9.52. The zero-order valence-electron chi connectivity index (χ0n) is 15.7. The van der Waals surface area contributed by atoms with Crippen LogP contribution in [0.2, 0.25) is 0 Å². The first-order valence-electron chi connectivity index (χ1n) is 9.52. The SMILES string of the molecule is CCCCN1c2nnc3c(c2NC12CCCCC2)c(=O)n(C)c(=O)n3C. The van der Waals surface area contributed by atoms with Gasteiger partial charge in [0.05, 0.1) is 5.69 Å². The molecular weight excluding hydrogens is 332 g/mol. The molecule has 8 heteroatoms. The number of fused-ring (bicyclic) bond motifs is 3. The highest BCUT2D eigenvalue weighted by atomic mass is 16.2. The van der Waals surface area contributed by atoms with Gasteiger partial charge in [-0.25, -0.2) is 4.79 Å². The third kappa shape index (κ3) is 2.27. The first-order chi connectivity index (χ1) is 12.5. The summed E-state index contributed by atoms with van der Waals surface area (Å²) in [4.78, 5) is 27.4. The van der Waals surface area contributed by atoms with Crippen LogP contribution in [0.5, 0.6) is 0 Å². The molecule has 0 atom stereocenters. The number of unbranched alkanes of at least 4 members (excludes halogenated alkanes) is 1. The molecule has 2 aromatic heterocycles. The number of rotatable bonds is 3. The number of hydrogen-bond donors (Lipinski definition) is 1. The molecule has 1 fully saturated rings. The van der Waals surface area contributed by atoms with Gasteiger partial charge in [-0.15, -0.1) is 10.2 Å². The molecule has 1 spiro atoms. The number of hydrogen-bond acceptors (Lipinski definition) is 6. The van der Waals surface area contributed by atoms with E-state index in [0.717, 1.165) is 61.1 Å². The third-order valence-electron chi connectivity index (χ3n) is 5.89. The molecule has 2 aliphatic rings. The molecule has 8 nitrogen and oxygen atoms in total. The standard InChI is InChI=1S/C18H26N6O2/c1-4-5-11-24-15-13(19-18(24)9-7-6-8-10-18)12-14(20-21-15)22(2)17(26)23(3)16(12)25/h19H,4-11H2,1-3H3. The van der Waals surface area contributed by atoms with Gasteiger partial charge in [0, 0.05) is 20.6 Å². The largest absolute Gasteiger partial charge is 0.359 e. The summed E-state index contributed by atoms with van der Waals surface area (Å²) in [6.07, 6.45) is 7.77. The lowest BCUT2D eigenvalue weighted by atomic mass is 9.88. The van der Waals surface area contributed by atoms with Crippen molar-refractivity contribution in [1.82, 2.24) is 19.3 Å². The van der Waals surface area contributed by atoms with E-state index in [0.29, 0.717) is 11.0 Å². The van der Waals surface area contributed by atoms with E-state index in [1.54, 1.807) is 7.05 Å². The zero-order valence-corrected chi connectivity index (χ0v) is 15.7. The van der Waals surface area contributed by atoms with Crippen molar-refractivity contribution in [3.63, 3.8) is 0 Å². The lowest BCUT2D eigenvalue weighted by Crippen LogP contribution is -2.52. The average molecular weight is 358 g/mol. The minimum absolute atomic E-state index is 0.182. The van der Waals surface area contributed by atoms with E-state index in [1.807, 2.05) is 0 Å². The molecule has 1 aliphatic heterocycles. The van der Waals surface area contributed by atoms with Gasteiger partial charge in [0.15, 0.2) is 11.5 Å². The van der Waals surface area contributed by atoms with Crippen molar-refractivity contribution in [3.05, 3.63) is 20.8 Å². The Bertz CT molecular complexity index is 970. The van der Waals surface area contributed by atoms with Crippen molar-refractivity contribution in [2.75, 3.05) is 16.8 Å². The molecule has 2 aromatic rings. The Morgan fingerprint density at radius 2 is 1.81 bits per heavy atom. The van der Waals surface area contributed by atoms with Gasteiger partial charge in [-0.2, -0.15) is 0 Å². The summed E-state index contributed by atoms with van der Waals surface area (Å²) in [6.45, 7) is 3.07. The Labute approximate surface area is 151 Å². The summed E-state index contributed by atoms with van der Waals surface area (Å²) in [6, 6.07) is 0. The van der Waals surface area contributed by atoms with E-state index >= 15 is 0 Å². The molecule has 4 rings (SSSR count). The topological polar surface area (TPSA) is 85.1 Å². The molecular formula is C18H26N6O2. The number of aromatic nitrogens is 4. The van der Waals surface area contributed by atoms with Crippen LogP contribution in [0.3, 0.4) is 0 Å². The fourth-order valence-corrected chi connectivity index (χ4v) is 4.40. The second-order valence-electron chi connectivity index (χ2n) is 7.53. The normalized spacial score (nSPS) is 18.3. The molecule has 1 N–H and O–H groups in total. The summed E-state index contributed by atoms with van der Waals surface area (Å²) in [5.74, 6) is 0.753. The molecule has 0 amide bonds. The summed E-state index contributed by atoms with van der Waals surface area (Å²) < 4.78 is 2.54. The van der Waals surface area contributed by atoms with Gasteiger partial charge >= 0.3 is 5.69 Å². The van der Waals surface area contributed by atoms with Gasteiger partial charge in [0.25, 0.3) is 5.56 Å². The minimum atomic E-state index is -0.384. The van der Waals surface area contributed by atoms with Crippen LogP contribution < -0.4 is 21.5 Å². The Morgan fingerprint density at radius 1 is 1.08 bits per heavy atom. The van der Waals surface area contributed by atoms with Crippen LogP contribution in [-0.4, -0.2) is 31.5 Å². The van der Waals surface area contributed by atoms with Crippen molar-refractivity contribution in [1.29, 1.82) is 0 Å². The Kier molecular flexibility index (Phi) is 4.00. The van der Waals surface area contributed by atoms with Crippen molar-refractivity contribution in [2.45, 2.75) is 57.5 Å². The van der Waals surface area contributed by atoms with Crippen LogP contribution in [-0.2, 0) is 14.1 Å². The molecule has 0 bridgehead atoms. The van der Waals surface area contributed by atoms with E-state index in [2.05, 4.69) is 27.3 Å². The van der Waals surface area contributed by atoms with Gasteiger partial charge in [-0.05, 0) is 32.1 Å². The second kappa shape index (κ2) is 6.10. The average Bonchev–Trinajstić information content (AvgIpc) is 2.95. The van der Waals surface area contributed by atoms with Crippen LogP contribution in [0.4, 0.5) is 11.5 Å². The maximum atomic E-state index is 12.9. The first kappa shape index (κ1) is 17.1. The minimum Gasteiger partial charge on any atom is -0.359 e. The van der Waals surface area contributed by atoms with Crippen LogP contribution in [0, 0.1) is 0 Å². The predicted molar refractivity (Wildman–Crippen MR) is 102 cm³/mol. The van der Waals surface area contributed by atoms with Crippen LogP contribution in [0.15, 0.2) is 9.59 Å².